The molecule has 1 aliphatic carbocycles. The minimum atomic E-state index is -0.577. The number of esters is 1. The van der Waals surface area contributed by atoms with Crippen LogP contribution in [0.15, 0.2) is 0 Å². The zero-order chi connectivity index (χ0) is 23.4. The molecule has 1 saturated carbocycles. The number of amides is 2. The van der Waals surface area contributed by atoms with E-state index in [1.807, 2.05) is 20.8 Å². The number of nitrogens with zero attached hydrogens (tertiary/aromatic N) is 1. The molecular weight excluding hydrogens is 416 g/mol. The molecule has 0 saturated heterocycles. The lowest BCUT2D eigenvalue weighted by atomic mass is 10.0. The van der Waals surface area contributed by atoms with Crippen LogP contribution in [0.3, 0.4) is 0 Å². The lowest BCUT2D eigenvalue weighted by Gasteiger charge is -2.30. The Labute approximate surface area is 188 Å². The van der Waals surface area contributed by atoms with Gasteiger partial charge in [-0.05, 0) is 50.5 Å². The van der Waals surface area contributed by atoms with Crippen LogP contribution in [0.5, 0.6) is 0 Å². The first-order valence-electron chi connectivity index (χ1n) is 10.8. The highest BCUT2D eigenvalue weighted by Gasteiger charge is 2.68. The van der Waals surface area contributed by atoms with Gasteiger partial charge < -0.3 is 19.7 Å². The minimum absolute atomic E-state index is 0.0804. The third-order valence-electron chi connectivity index (χ3n) is 6.71. The largest absolute Gasteiger partial charge is 0.462 e. The topological polar surface area (TPSA) is 84.9 Å². The summed E-state index contributed by atoms with van der Waals surface area (Å²) >= 11 is 1.35. The van der Waals surface area contributed by atoms with Crippen molar-refractivity contribution in [3.05, 3.63) is 16.0 Å². The van der Waals surface area contributed by atoms with Gasteiger partial charge in [0.25, 0.3) is 0 Å². The Balaban J connectivity index is 1.87. The van der Waals surface area contributed by atoms with Crippen molar-refractivity contribution < 1.29 is 23.9 Å². The highest BCUT2D eigenvalue weighted by atomic mass is 32.1. The molecule has 1 fully saturated rings. The zero-order valence-electron chi connectivity index (χ0n) is 19.8. The van der Waals surface area contributed by atoms with Crippen LogP contribution in [-0.2, 0) is 27.2 Å². The fraction of sp³-hybridized carbons (Fsp3) is 0.696. The smallest absolute Gasteiger partial charge is 0.410 e. The molecule has 0 radical (unpaired) electrons. The van der Waals surface area contributed by atoms with Crippen LogP contribution in [0, 0.1) is 16.7 Å². The summed E-state index contributed by atoms with van der Waals surface area (Å²) in [4.78, 5) is 40.8. The maximum atomic E-state index is 13.0. The van der Waals surface area contributed by atoms with Gasteiger partial charge in [-0.2, -0.15) is 0 Å². The second-order valence-electron chi connectivity index (χ2n) is 10.4. The Morgan fingerprint density at radius 1 is 1.16 bits per heavy atom. The van der Waals surface area contributed by atoms with Crippen molar-refractivity contribution in [3.8, 4) is 0 Å². The Kier molecular flexibility index (Phi) is 5.93. The van der Waals surface area contributed by atoms with Crippen LogP contribution in [0.1, 0.15) is 76.2 Å². The van der Waals surface area contributed by atoms with Crippen molar-refractivity contribution in [2.45, 2.75) is 74.0 Å². The number of carbonyl (C=O) groups excluding carboxylic acids is 3. The number of hydrogen-bond donors (Lipinski definition) is 1. The average Bonchev–Trinajstić information content (AvgIpc) is 2.88. The third-order valence-corrected chi connectivity index (χ3v) is 7.84. The number of anilines is 1. The molecule has 8 heteroatoms. The Bertz CT molecular complexity index is 896. The number of carbonyl (C=O) groups is 3. The molecule has 0 spiro atoms. The third kappa shape index (κ3) is 4.31. The number of hydrogen-bond acceptors (Lipinski definition) is 6. The van der Waals surface area contributed by atoms with Gasteiger partial charge in [0.2, 0.25) is 5.91 Å². The van der Waals surface area contributed by atoms with Crippen molar-refractivity contribution in [2.24, 2.45) is 16.7 Å². The molecule has 7 nitrogen and oxygen atoms in total. The predicted octanol–water partition coefficient (Wildman–Crippen LogP) is 4.84. The molecule has 0 aromatic carbocycles. The van der Waals surface area contributed by atoms with E-state index in [0.29, 0.717) is 30.1 Å². The molecule has 2 amide bonds. The molecule has 2 aliphatic rings. The van der Waals surface area contributed by atoms with E-state index in [1.54, 1.807) is 11.8 Å². The van der Waals surface area contributed by atoms with Crippen LogP contribution < -0.4 is 5.32 Å². The number of rotatable bonds is 4. The summed E-state index contributed by atoms with van der Waals surface area (Å²) in [6.45, 7) is 16.6. The molecule has 1 aromatic heterocycles. The normalized spacial score (nSPS) is 19.4. The quantitative estimate of drug-likeness (QED) is 0.664. The molecule has 2 heterocycles. The maximum absolute atomic E-state index is 13.0. The van der Waals surface area contributed by atoms with Crippen molar-refractivity contribution in [2.75, 3.05) is 18.5 Å². The van der Waals surface area contributed by atoms with Gasteiger partial charge in [0.15, 0.2) is 0 Å². The van der Waals surface area contributed by atoms with E-state index in [-0.39, 0.29) is 35.4 Å². The molecule has 172 valence electrons. The highest BCUT2D eigenvalue weighted by Crippen LogP contribution is 2.68. The van der Waals surface area contributed by atoms with E-state index in [1.165, 1.54) is 11.3 Å². The van der Waals surface area contributed by atoms with E-state index in [9.17, 15) is 14.4 Å². The van der Waals surface area contributed by atoms with Crippen LogP contribution in [0.4, 0.5) is 9.80 Å². The van der Waals surface area contributed by atoms with E-state index >= 15 is 0 Å². The van der Waals surface area contributed by atoms with Crippen LogP contribution in [0.2, 0.25) is 0 Å². The molecule has 1 aliphatic heterocycles. The van der Waals surface area contributed by atoms with Crippen molar-refractivity contribution in [1.82, 2.24) is 4.90 Å². The number of fused-ring (bicyclic) bond motifs is 1. The molecule has 1 N–H and O–H groups in total. The lowest BCUT2D eigenvalue weighted by molar-refractivity contribution is -0.118. The monoisotopic (exact) mass is 450 g/mol. The van der Waals surface area contributed by atoms with E-state index in [0.717, 1.165) is 10.4 Å². The van der Waals surface area contributed by atoms with Gasteiger partial charge in [-0.25, -0.2) is 9.59 Å². The van der Waals surface area contributed by atoms with Crippen molar-refractivity contribution in [3.63, 3.8) is 0 Å². The summed E-state index contributed by atoms with van der Waals surface area (Å²) in [6, 6.07) is 0. The summed E-state index contributed by atoms with van der Waals surface area (Å²) in [6.07, 6.45) is 0.131. The van der Waals surface area contributed by atoms with Gasteiger partial charge in [-0.15, -0.1) is 11.3 Å². The van der Waals surface area contributed by atoms with E-state index in [2.05, 4.69) is 33.0 Å². The standard InChI is InChI=1S/C23H34N2O5S/c1-9-29-19(27)15-13-10-11-25(20(28)30-21(2,3)4)12-14(13)31-18(15)24-17(26)16-22(5,6)23(16,7)8/h16H,9-12H2,1-8H3,(H,24,26). The van der Waals surface area contributed by atoms with Gasteiger partial charge in [0.05, 0.1) is 18.7 Å². The number of thiophene rings is 1. The molecule has 31 heavy (non-hydrogen) atoms. The number of nitrogens with one attached hydrogen (secondary N) is 1. The maximum Gasteiger partial charge on any atom is 0.410 e. The first-order chi connectivity index (χ1) is 14.2. The van der Waals surface area contributed by atoms with Crippen molar-refractivity contribution >= 4 is 34.3 Å². The van der Waals surface area contributed by atoms with Crippen LogP contribution in [0.25, 0.3) is 0 Å². The highest BCUT2D eigenvalue weighted by molar-refractivity contribution is 7.17. The molecule has 0 unspecified atom stereocenters. The predicted molar refractivity (Wildman–Crippen MR) is 120 cm³/mol. The molecule has 0 bridgehead atoms. The summed E-state index contributed by atoms with van der Waals surface area (Å²) in [5.74, 6) is -0.647. The Hall–Kier alpha value is -2.09. The molecule has 0 atom stereocenters. The summed E-state index contributed by atoms with van der Waals surface area (Å²) < 4.78 is 10.8. The van der Waals surface area contributed by atoms with E-state index < -0.39 is 11.6 Å². The number of ether oxygens (including phenoxy) is 2. The van der Waals surface area contributed by atoms with Crippen molar-refractivity contribution in [1.29, 1.82) is 0 Å². The Morgan fingerprint density at radius 3 is 2.29 bits per heavy atom. The summed E-state index contributed by atoms with van der Waals surface area (Å²) in [5, 5.41) is 3.52. The fourth-order valence-electron chi connectivity index (χ4n) is 4.43. The first-order valence-corrected chi connectivity index (χ1v) is 11.6. The summed E-state index contributed by atoms with van der Waals surface area (Å²) in [5.41, 5.74) is 0.492. The van der Waals surface area contributed by atoms with Gasteiger partial charge >= 0.3 is 12.1 Å². The van der Waals surface area contributed by atoms with Crippen LogP contribution >= 0.6 is 11.3 Å². The van der Waals surface area contributed by atoms with Crippen LogP contribution in [-0.4, -0.2) is 41.6 Å². The molecule has 1 aromatic rings. The van der Waals surface area contributed by atoms with Gasteiger partial charge in [0.1, 0.15) is 10.6 Å². The van der Waals surface area contributed by atoms with Gasteiger partial charge in [-0.1, -0.05) is 27.7 Å². The minimum Gasteiger partial charge on any atom is -0.462 e. The lowest BCUT2D eigenvalue weighted by Crippen LogP contribution is -2.39. The SMILES string of the molecule is CCOC(=O)c1c(NC(=O)C2C(C)(C)C2(C)C)sc2c1CCN(C(=O)OC(C)(C)C)C2. The Morgan fingerprint density at radius 2 is 1.77 bits per heavy atom. The second-order valence-corrected chi connectivity index (χ2v) is 11.6. The van der Waals surface area contributed by atoms with E-state index in [4.69, 9.17) is 9.47 Å². The fourth-order valence-corrected chi connectivity index (χ4v) is 5.68. The molecular formula is C23H34N2O5S. The van der Waals surface area contributed by atoms with Gasteiger partial charge in [0, 0.05) is 17.3 Å². The average molecular weight is 451 g/mol. The zero-order valence-corrected chi connectivity index (χ0v) is 20.6. The first kappa shape index (κ1) is 23.6. The van der Waals surface area contributed by atoms with Gasteiger partial charge in [-0.3, -0.25) is 4.79 Å². The summed E-state index contributed by atoms with van der Waals surface area (Å²) in [7, 11) is 0. The molecule has 3 rings (SSSR count). The second kappa shape index (κ2) is 7.80.